The van der Waals surface area contributed by atoms with E-state index in [1.165, 1.54) is 12.4 Å². The Morgan fingerprint density at radius 1 is 1.20 bits per heavy atom. The zero-order chi connectivity index (χ0) is 11.3. The van der Waals surface area contributed by atoms with E-state index in [1.54, 1.807) is 0 Å². The largest absolute Gasteiger partial charge is 0.364 e. The zero-order valence-corrected chi connectivity index (χ0v) is 9.55. The minimum absolute atomic E-state index is 0.0147. The van der Waals surface area contributed by atoms with Crippen molar-refractivity contribution >= 4 is 5.82 Å². The SMILES string of the molecule is CCC(CC)(CC)Nc1cc(F)ncn1. The fraction of sp³-hybridized carbons (Fsp3) is 0.636. The maximum atomic E-state index is 12.9. The van der Waals surface area contributed by atoms with Crippen molar-refractivity contribution in [2.75, 3.05) is 5.32 Å². The third-order valence-electron chi connectivity index (χ3n) is 3.06. The summed E-state index contributed by atoms with van der Waals surface area (Å²) in [5.74, 6) is 0.0674. The molecule has 0 spiro atoms. The summed E-state index contributed by atoms with van der Waals surface area (Å²) in [5.41, 5.74) is 0.0147. The molecule has 1 heterocycles. The lowest BCUT2D eigenvalue weighted by atomic mass is 9.90. The molecule has 1 aromatic heterocycles. The van der Waals surface area contributed by atoms with Crippen LogP contribution in [0.25, 0.3) is 0 Å². The van der Waals surface area contributed by atoms with E-state index in [1.807, 2.05) is 0 Å². The standard InChI is InChI=1S/C11H18FN3/c1-4-11(5-2,6-3)15-10-7-9(12)13-8-14-10/h7-8H,4-6H2,1-3H3,(H,13,14,15). The molecule has 1 N–H and O–H groups in total. The number of aromatic nitrogens is 2. The molecule has 3 nitrogen and oxygen atoms in total. The Morgan fingerprint density at radius 2 is 1.80 bits per heavy atom. The summed E-state index contributed by atoms with van der Waals surface area (Å²) in [5, 5.41) is 3.29. The van der Waals surface area contributed by atoms with Crippen LogP contribution in [0, 0.1) is 5.95 Å². The highest BCUT2D eigenvalue weighted by Gasteiger charge is 2.23. The first-order valence-corrected chi connectivity index (χ1v) is 5.41. The fourth-order valence-corrected chi connectivity index (χ4v) is 1.69. The van der Waals surface area contributed by atoms with Gasteiger partial charge in [-0.05, 0) is 19.3 Å². The van der Waals surface area contributed by atoms with Crippen LogP contribution in [0.15, 0.2) is 12.4 Å². The summed E-state index contributed by atoms with van der Waals surface area (Å²) >= 11 is 0. The van der Waals surface area contributed by atoms with Gasteiger partial charge in [0.05, 0.1) is 0 Å². The number of nitrogens with one attached hydrogen (secondary N) is 1. The topological polar surface area (TPSA) is 37.8 Å². The van der Waals surface area contributed by atoms with Crippen LogP contribution in [-0.2, 0) is 0 Å². The van der Waals surface area contributed by atoms with Crippen molar-refractivity contribution in [3.63, 3.8) is 0 Å². The third kappa shape index (κ3) is 2.88. The van der Waals surface area contributed by atoms with Gasteiger partial charge in [-0.15, -0.1) is 0 Å². The molecule has 1 aromatic rings. The predicted octanol–water partition coefficient (Wildman–Crippen LogP) is 3.00. The van der Waals surface area contributed by atoms with Gasteiger partial charge in [0.1, 0.15) is 12.1 Å². The van der Waals surface area contributed by atoms with Crippen molar-refractivity contribution in [1.82, 2.24) is 9.97 Å². The number of anilines is 1. The lowest BCUT2D eigenvalue weighted by Gasteiger charge is -2.32. The molecule has 0 atom stereocenters. The van der Waals surface area contributed by atoms with Crippen molar-refractivity contribution in [2.24, 2.45) is 0 Å². The van der Waals surface area contributed by atoms with E-state index in [-0.39, 0.29) is 5.54 Å². The van der Waals surface area contributed by atoms with E-state index < -0.39 is 5.95 Å². The molecular formula is C11H18FN3. The molecule has 0 saturated carbocycles. The van der Waals surface area contributed by atoms with E-state index in [0.29, 0.717) is 5.82 Å². The predicted molar refractivity (Wildman–Crippen MR) is 59.2 cm³/mol. The van der Waals surface area contributed by atoms with Crippen LogP contribution in [0.1, 0.15) is 40.0 Å². The van der Waals surface area contributed by atoms with Crippen LogP contribution in [0.3, 0.4) is 0 Å². The molecule has 15 heavy (non-hydrogen) atoms. The smallest absolute Gasteiger partial charge is 0.217 e. The lowest BCUT2D eigenvalue weighted by Crippen LogP contribution is -2.36. The van der Waals surface area contributed by atoms with Crippen LogP contribution in [0.4, 0.5) is 10.2 Å². The van der Waals surface area contributed by atoms with Gasteiger partial charge in [-0.3, -0.25) is 0 Å². The zero-order valence-electron chi connectivity index (χ0n) is 9.55. The van der Waals surface area contributed by atoms with E-state index in [0.717, 1.165) is 19.3 Å². The Kier molecular flexibility index (Phi) is 4.00. The quantitative estimate of drug-likeness (QED) is 0.761. The molecule has 0 unspecified atom stereocenters. The molecule has 0 aliphatic carbocycles. The Bertz CT molecular complexity index is 302. The Hall–Kier alpha value is -1.19. The second kappa shape index (κ2) is 5.05. The van der Waals surface area contributed by atoms with Crippen molar-refractivity contribution in [3.05, 3.63) is 18.3 Å². The summed E-state index contributed by atoms with van der Waals surface area (Å²) in [6.07, 6.45) is 4.21. The summed E-state index contributed by atoms with van der Waals surface area (Å²) in [7, 11) is 0. The second-order valence-corrected chi connectivity index (χ2v) is 3.69. The van der Waals surface area contributed by atoms with Gasteiger partial charge in [0, 0.05) is 11.6 Å². The maximum absolute atomic E-state index is 12.9. The molecule has 0 bridgehead atoms. The lowest BCUT2D eigenvalue weighted by molar-refractivity contribution is 0.418. The second-order valence-electron chi connectivity index (χ2n) is 3.69. The van der Waals surface area contributed by atoms with Crippen LogP contribution in [0.2, 0.25) is 0 Å². The number of halogens is 1. The number of hydrogen-bond donors (Lipinski definition) is 1. The van der Waals surface area contributed by atoms with Crippen LogP contribution < -0.4 is 5.32 Å². The number of nitrogens with zero attached hydrogens (tertiary/aromatic N) is 2. The first-order chi connectivity index (χ1) is 7.15. The Morgan fingerprint density at radius 3 is 2.27 bits per heavy atom. The monoisotopic (exact) mass is 211 g/mol. The fourth-order valence-electron chi connectivity index (χ4n) is 1.69. The Balaban J connectivity index is 2.82. The average molecular weight is 211 g/mol. The van der Waals surface area contributed by atoms with Crippen molar-refractivity contribution < 1.29 is 4.39 Å². The van der Waals surface area contributed by atoms with Crippen molar-refractivity contribution in [3.8, 4) is 0 Å². The minimum atomic E-state index is -0.496. The molecule has 0 aromatic carbocycles. The summed E-state index contributed by atoms with van der Waals surface area (Å²) < 4.78 is 12.9. The van der Waals surface area contributed by atoms with Crippen LogP contribution in [0.5, 0.6) is 0 Å². The number of rotatable bonds is 5. The average Bonchev–Trinajstić information content (AvgIpc) is 2.26. The van der Waals surface area contributed by atoms with Gasteiger partial charge in [0.15, 0.2) is 0 Å². The molecule has 84 valence electrons. The van der Waals surface area contributed by atoms with Gasteiger partial charge in [-0.1, -0.05) is 20.8 Å². The normalized spacial score (nSPS) is 11.5. The van der Waals surface area contributed by atoms with Crippen LogP contribution >= 0.6 is 0 Å². The molecule has 0 aliphatic heterocycles. The highest BCUT2D eigenvalue weighted by atomic mass is 19.1. The van der Waals surface area contributed by atoms with Gasteiger partial charge in [-0.25, -0.2) is 9.97 Å². The first-order valence-electron chi connectivity index (χ1n) is 5.41. The molecular weight excluding hydrogens is 193 g/mol. The third-order valence-corrected chi connectivity index (χ3v) is 3.06. The van der Waals surface area contributed by atoms with Crippen LogP contribution in [-0.4, -0.2) is 15.5 Å². The van der Waals surface area contributed by atoms with Gasteiger partial charge in [0.25, 0.3) is 0 Å². The van der Waals surface area contributed by atoms with Gasteiger partial charge >= 0.3 is 0 Å². The molecule has 0 fully saturated rings. The van der Waals surface area contributed by atoms with Crippen molar-refractivity contribution in [1.29, 1.82) is 0 Å². The van der Waals surface area contributed by atoms with Crippen molar-refractivity contribution in [2.45, 2.75) is 45.6 Å². The van der Waals surface area contributed by atoms with Gasteiger partial charge in [-0.2, -0.15) is 4.39 Å². The molecule has 0 amide bonds. The van der Waals surface area contributed by atoms with E-state index in [2.05, 4.69) is 36.1 Å². The van der Waals surface area contributed by atoms with E-state index in [4.69, 9.17) is 0 Å². The van der Waals surface area contributed by atoms with Gasteiger partial charge in [0.2, 0.25) is 5.95 Å². The van der Waals surface area contributed by atoms with E-state index >= 15 is 0 Å². The highest BCUT2D eigenvalue weighted by molar-refractivity contribution is 5.36. The number of hydrogen-bond acceptors (Lipinski definition) is 3. The summed E-state index contributed by atoms with van der Waals surface area (Å²) in [6.45, 7) is 6.37. The molecule has 4 heteroatoms. The Labute approximate surface area is 90.1 Å². The molecule has 0 aliphatic rings. The highest BCUT2D eigenvalue weighted by Crippen LogP contribution is 2.24. The minimum Gasteiger partial charge on any atom is -0.364 e. The molecule has 0 saturated heterocycles. The van der Waals surface area contributed by atoms with Gasteiger partial charge < -0.3 is 5.32 Å². The molecule has 0 radical (unpaired) electrons. The van der Waals surface area contributed by atoms with E-state index in [9.17, 15) is 4.39 Å². The maximum Gasteiger partial charge on any atom is 0.217 e. The summed E-state index contributed by atoms with van der Waals surface area (Å²) in [6, 6.07) is 1.33. The first kappa shape index (κ1) is 11.9. The molecule has 1 rings (SSSR count). The summed E-state index contributed by atoms with van der Waals surface area (Å²) in [4.78, 5) is 7.44.